The molecule has 1 aliphatic rings. The zero-order chi connectivity index (χ0) is 13.3. The van der Waals surface area contributed by atoms with Gasteiger partial charge in [0.25, 0.3) is 10.0 Å². The van der Waals surface area contributed by atoms with Crippen LogP contribution in [0.2, 0.25) is 0 Å². The molecule has 1 aromatic heterocycles. The summed E-state index contributed by atoms with van der Waals surface area (Å²) in [4.78, 5) is 0. The molecular formula is C13H15N3O2S. The van der Waals surface area contributed by atoms with Crippen molar-refractivity contribution in [1.82, 2.24) is 10.2 Å². The first kappa shape index (κ1) is 12.2. The van der Waals surface area contributed by atoms with E-state index in [9.17, 15) is 8.42 Å². The Morgan fingerprint density at radius 1 is 1.16 bits per heavy atom. The number of benzene rings is 1. The van der Waals surface area contributed by atoms with Gasteiger partial charge < -0.3 is 0 Å². The van der Waals surface area contributed by atoms with Gasteiger partial charge in [0, 0.05) is 6.54 Å². The van der Waals surface area contributed by atoms with Crippen molar-refractivity contribution >= 4 is 15.7 Å². The SMILES string of the molecule is O=S(=O)(c1ccn[nH]1)N1CCCCc2ccccc21. The number of para-hydroxylation sites is 1. The van der Waals surface area contributed by atoms with E-state index in [0.717, 1.165) is 30.5 Å². The van der Waals surface area contributed by atoms with Gasteiger partial charge in [0.15, 0.2) is 5.03 Å². The van der Waals surface area contributed by atoms with Crippen LogP contribution in [0.5, 0.6) is 0 Å². The van der Waals surface area contributed by atoms with E-state index in [4.69, 9.17) is 0 Å². The van der Waals surface area contributed by atoms with Crippen molar-refractivity contribution < 1.29 is 8.42 Å². The van der Waals surface area contributed by atoms with Crippen molar-refractivity contribution in [1.29, 1.82) is 0 Å². The third kappa shape index (κ3) is 2.12. The number of nitrogens with zero attached hydrogens (tertiary/aromatic N) is 2. The van der Waals surface area contributed by atoms with Crippen LogP contribution in [0.25, 0.3) is 0 Å². The number of hydrogen-bond acceptors (Lipinski definition) is 3. The molecule has 0 amide bonds. The molecule has 1 aromatic carbocycles. The van der Waals surface area contributed by atoms with Crippen LogP contribution in [0.15, 0.2) is 41.6 Å². The highest BCUT2D eigenvalue weighted by Crippen LogP contribution is 2.30. The van der Waals surface area contributed by atoms with Crippen LogP contribution in [0.1, 0.15) is 18.4 Å². The zero-order valence-corrected chi connectivity index (χ0v) is 11.2. The van der Waals surface area contributed by atoms with Gasteiger partial charge in [0.05, 0.1) is 11.9 Å². The summed E-state index contributed by atoms with van der Waals surface area (Å²) >= 11 is 0. The molecule has 1 aliphatic heterocycles. The van der Waals surface area contributed by atoms with Crippen LogP contribution in [0.4, 0.5) is 5.69 Å². The number of aryl methyl sites for hydroxylation is 1. The lowest BCUT2D eigenvalue weighted by atomic mass is 10.1. The molecule has 3 rings (SSSR count). The summed E-state index contributed by atoms with van der Waals surface area (Å²) in [7, 11) is -3.54. The molecule has 0 aliphatic carbocycles. The number of anilines is 1. The van der Waals surface area contributed by atoms with Crippen molar-refractivity contribution in [3.8, 4) is 0 Å². The second kappa shape index (κ2) is 4.70. The topological polar surface area (TPSA) is 66.1 Å². The highest BCUT2D eigenvalue weighted by molar-refractivity contribution is 7.92. The Bertz CT molecular complexity index is 665. The van der Waals surface area contributed by atoms with Gasteiger partial charge in [-0.1, -0.05) is 18.2 Å². The predicted molar refractivity (Wildman–Crippen MR) is 72.5 cm³/mol. The Morgan fingerprint density at radius 3 is 2.79 bits per heavy atom. The highest BCUT2D eigenvalue weighted by atomic mass is 32.2. The van der Waals surface area contributed by atoms with E-state index in [0.29, 0.717) is 6.54 Å². The number of hydrogen-bond donors (Lipinski definition) is 1. The van der Waals surface area contributed by atoms with Gasteiger partial charge in [-0.25, -0.2) is 0 Å². The number of fused-ring (bicyclic) bond motifs is 1. The Kier molecular flexibility index (Phi) is 3.02. The number of aromatic nitrogens is 2. The summed E-state index contributed by atoms with van der Waals surface area (Å²) < 4.78 is 26.7. The summed E-state index contributed by atoms with van der Waals surface area (Å²) in [5.74, 6) is 0. The maximum absolute atomic E-state index is 12.6. The number of nitrogens with one attached hydrogen (secondary N) is 1. The van der Waals surface area contributed by atoms with Gasteiger partial charge in [0.2, 0.25) is 0 Å². The quantitative estimate of drug-likeness (QED) is 0.912. The largest absolute Gasteiger partial charge is 0.281 e. The maximum atomic E-state index is 12.6. The molecule has 2 heterocycles. The van der Waals surface area contributed by atoms with Gasteiger partial charge in [-0.05, 0) is 37.0 Å². The molecular weight excluding hydrogens is 262 g/mol. The minimum absolute atomic E-state index is 0.143. The molecule has 0 spiro atoms. The van der Waals surface area contributed by atoms with Crippen LogP contribution >= 0.6 is 0 Å². The molecule has 0 saturated carbocycles. The fraction of sp³-hybridized carbons (Fsp3) is 0.308. The number of H-pyrrole nitrogens is 1. The average Bonchev–Trinajstić information content (AvgIpc) is 2.86. The van der Waals surface area contributed by atoms with E-state index in [1.54, 1.807) is 0 Å². The lowest BCUT2D eigenvalue weighted by molar-refractivity contribution is 0.585. The highest BCUT2D eigenvalue weighted by Gasteiger charge is 2.28. The summed E-state index contributed by atoms with van der Waals surface area (Å²) in [5, 5.41) is 6.42. The lowest BCUT2D eigenvalue weighted by Gasteiger charge is -2.23. The third-order valence-corrected chi connectivity index (χ3v) is 5.10. The van der Waals surface area contributed by atoms with Gasteiger partial charge in [-0.3, -0.25) is 9.40 Å². The number of sulfonamides is 1. The van der Waals surface area contributed by atoms with E-state index < -0.39 is 10.0 Å². The van der Waals surface area contributed by atoms with Gasteiger partial charge in [-0.2, -0.15) is 13.5 Å². The monoisotopic (exact) mass is 277 g/mol. The van der Waals surface area contributed by atoms with Gasteiger partial charge in [-0.15, -0.1) is 0 Å². The van der Waals surface area contributed by atoms with Crippen molar-refractivity contribution in [2.24, 2.45) is 0 Å². The van der Waals surface area contributed by atoms with Crippen molar-refractivity contribution in [2.75, 3.05) is 10.8 Å². The minimum atomic E-state index is -3.54. The summed E-state index contributed by atoms with van der Waals surface area (Å²) in [6, 6.07) is 9.18. The molecule has 100 valence electrons. The van der Waals surface area contributed by atoms with Crippen molar-refractivity contribution in [3.05, 3.63) is 42.1 Å². The first-order valence-corrected chi connectivity index (χ1v) is 7.73. The summed E-state index contributed by atoms with van der Waals surface area (Å²) in [6.07, 6.45) is 4.25. The molecule has 0 saturated heterocycles. The summed E-state index contributed by atoms with van der Waals surface area (Å²) in [6.45, 7) is 0.512. The Morgan fingerprint density at radius 2 is 2.00 bits per heavy atom. The van der Waals surface area contributed by atoms with Crippen LogP contribution in [-0.4, -0.2) is 25.2 Å². The molecule has 0 atom stereocenters. The normalized spacial score (nSPS) is 15.9. The smallest absolute Gasteiger partial charge is 0.266 e. The Balaban J connectivity index is 2.10. The molecule has 1 N–H and O–H groups in total. The average molecular weight is 277 g/mol. The Labute approximate surface area is 112 Å². The maximum Gasteiger partial charge on any atom is 0.281 e. The van der Waals surface area contributed by atoms with E-state index in [2.05, 4.69) is 10.2 Å². The fourth-order valence-electron chi connectivity index (χ4n) is 2.41. The molecule has 19 heavy (non-hydrogen) atoms. The second-order valence-electron chi connectivity index (χ2n) is 4.58. The predicted octanol–water partition coefficient (Wildman–Crippen LogP) is 1.94. The third-order valence-electron chi connectivity index (χ3n) is 3.36. The summed E-state index contributed by atoms with van der Waals surface area (Å²) in [5.41, 5.74) is 1.87. The fourth-order valence-corrected chi connectivity index (χ4v) is 3.86. The minimum Gasteiger partial charge on any atom is -0.266 e. The van der Waals surface area contributed by atoms with Crippen LogP contribution in [0.3, 0.4) is 0 Å². The molecule has 0 fully saturated rings. The van der Waals surface area contributed by atoms with E-state index in [-0.39, 0.29) is 5.03 Å². The van der Waals surface area contributed by atoms with Crippen LogP contribution in [-0.2, 0) is 16.4 Å². The number of rotatable bonds is 2. The zero-order valence-electron chi connectivity index (χ0n) is 10.4. The number of aromatic amines is 1. The standard InChI is InChI=1S/C13H15N3O2S/c17-19(18,13-8-9-14-15-13)16-10-4-3-6-11-5-1-2-7-12(11)16/h1-2,5,7-9H,3-4,6,10H2,(H,14,15). The molecule has 0 radical (unpaired) electrons. The molecule has 0 unspecified atom stereocenters. The molecule has 0 bridgehead atoms. The van der Waals surface area contributed by atoms with E-state index in [1.165, 1.54) is 16.6 Å². The van der Waals surface area contributed by atoms with Gasteiger partial charge >= 0.3 is 0 Å². The first-order chi connectivity index (χ1) is 9.19. The first-order valence-electron chi connectivity index (χ1n) is 6.29. The lowest BCUT2D eigenvalue weighted by Crippen LogP contribution is -2.32. The molecule has 6 heteroatoms. The van der Waals surface area contributed by atoms with E-state index >= 15 is 0 Å². The van der Waals surface area contributed by atoms with Crippen molar-refractivity contribution in [2.45, 2.75) is 24.3 Å². The van der Waals surface area contributed by atoms with Gasteiger partial charge in [0.1, 0.15) is 0 Å². The second-order valence-corrected chi connectivity index (χ2v) is 6.41. The molecule has 5 nitrogen and oxygen atoms in total. The van der Waals surface area contributed by atoms with E-state index in [1.807, 2.05) is 24.3 Å². The van der Waals surface area contributed by atoms with Crippen LogP contribution in [0, 0.1) is 0 Å². The Hall–Kier alpha value is -1.82. The van der Waals surface area contributed by atoms with Crippen LogP contribution < -0.4 is 4.31 Å². The molecule has 2 aromatic rings. The van der Waals surface area contributed by atoms with Crippen molar-refractivity contribution in [3.63, 3.8) is 0 Å².